The van der Waals surface area contributed by atoms with Crippen molar-refractivity contribution in [2.45, 2.75) is 31.1 Å². The average Bonchev–Trinajstić information content (AvgIpc) is 2.99. The predicted octanol–water partition coefficient (Wildman–Crippen LogP) is 0.683. The quantitative estimate of drug-likeness (QED) is 0.728. The topological polar surface area (TPSA) is 117 Å². The van der Waals surface area contributed by atoms with Crippen molar-refractivity contribution in [3.05, 3.63) is 41.7 Å². The van der Waals surface area contributed by atoms with Crippen LogP contribution < -0.4 is 5.73 Å². The smallest absolute Gasteiger partial charge is 0.321 e. The van der Waals surface area contributed by atoms with Crippen LogP contribution in [-0.4, -0.2) is 42.0 Å². The number of nitrogens with two attached hydrogens (primary N) is 1. The summed E-state index contributed by atoms with van der Waals surface area (Å²) in [5.74, 6) is -1.28. The minimum absolute atomic E-state index is 0.243. The van der Waals surface area contributed by atoms with Gasteiger partial charge in [0.05, 0.1) is 19.7 Å². The van der Waals surface area contributed by atoms with Gasteiger partial charge in [0.25, 0.3) is 5.16 Å². The van der Waals surface area contributed by atoms with Gasteiger partial charge in [-0.05, 0) is 12.0 Å². The summed E-state index contributed by atoms with van der Waals surface area (Å²) in [6, 6.07) is 8.83. The third-order valence-electron chi connectivity index (χ3n) is 3.51. The summed E-state index contributed by atoms with van der Waals surface area (Å²) in [7, 11) is -2.85. The normalized spacial score (nSPS) is 12.8. The van der Waals surface area contributed by atoms with E-state index in [1.807, 2.05) is 37.3 Å². The Labute approximate surface area is 140 Å². The highest BCUT2D eigenvalue weighted by Gasteiger charge is 2.29. The van der Waals surface area contributed by atoms with E-state index in [0.29, 0.717) is 12.2 Å². The molecular formula is C15H20N4O4S. The zero-order chi connectivity index (χ0) is 17.7. The van der Waals surface area contributed by atoms with Crippen LogP contribution in [-0.2, 0) is 25.9 Å². The van der Waals surface area contributed by atoms with Crippen LogP contribution >= 0.6 is 0 Å². The Morgan fingerprint density at radius 2 is 1.96 bits per heavy atom. The highest BCUT2D eigenvalue weighted by Crippen LogP contribution is 2.19. The molecule has 1 unspecified atom stereocenters. The van der Waals surface area contributed by atoms with E-state index < -0.39 is 27.6 Å². The fraction of sp³-hybridized carbons (Fsp3) is 0.400. The van der Waals surface area contributed by atoms with Crippen molar-refractivity contribution in [2.75, 3.05) is 12.9 Å². The fourth-order valence-corrected chi connectivity index (χ4v) is 3.40. The second-order valence-corrected chi connectivity index (χ2v) is 7.15. The average molecular weight is 352 g/mol. The number of carbonyl (C=O) groups excluding carboxylic acids is 1. The summed E-state index contributed by atoms with van der Waals surface area (Å²) >= 11 is 0. The van der Waals surface area contributed by atoms with Gasteiger partial charge in [-0.3, -0.25) is 9.36 Å². The standard InChI is InChI=1S/C15H20N4O4S/c1-3-12(16)14-17-18-15(24(21,22)10-13(20)23-2)19(14)9-11-7-5-4-6-8-11/h4-8,12H,3,9-10,16H2,1-2H3. The number of rotatable bonds is 7. The number of nitrogens with zero attached hydrogens (tertiary/aromatic N) is 3. The van der Waals surface area contributed by atoms with E-state index >= 15 is 0 Å². The number of sulfone groups is 1. The molecule has 2 aromatic rings. The van der Waals surface area contributed by atoms with Crippen LogP contribution in [0, 0.1) is 0 Å². The van der Waals surface area contributed by atoms with Gasteiger partial charge in [-0.15, -0.1) is 10.2 Å². The van der Waals surface area contributed by atoms with Gasteiger partial charge < -0.3 is 10.5 Å². The molecule has 0 amide bonds. The Bertz CT molecular complexity index is 802. The number of hydrogen-bond donors (Lipinski definition) is 1. The maximum atomic E-state index is 12.5. The molecule has 0 fully saturated rings. The van der Waals surface area contributed by atoms with Crippen LogP contribution in [0.25, 0.3) is 0 Å². The Morgan fingerprint density at radius 3 is 2.54 bits per heavy atom. The van der Waals surface area contributed by atoms with Gasteiger partial charge in [0.1, 0.15) is 0 Å². The van der Waals surface area contributed by atoms with E-state index in [2.05, 4.69) is 14.9 Å². The van der Waals surface area contributed by atoms with Crippen molar-refractivity contribution in [3.8, 4) is 0 Å². The van der Waals surface area contributed by atoms with Crippen LogP contribution in [0.5, 0.6) is 0 Å². The van der Waals surface area contributed by atoms with Gasteiger partial charge in [0.2, 0.25) is 9.84 Å². The van der Waals surface area contributed by atoms with Gasteiger partial charge in [-0.1, -0.05) is 37.3 Å². The lowest BCUT2D eigenvalue weighted by atomic mass is 10.2. The van der Waals surface area contributed by atoms with Crippen LogP contribution in [0.3, 0.4) is 0 Å². The lowest BCUT2D eigenvalue weighted by molar-refractivity contribution is -0.137. The molecule has 0 spiro atoms. The molecule has 0 aliphatic heterocycles. The first-order chi connectivity index (χ1) is 11.4. The van der Waals surface area contributed by atoms with E-state index in [9.17, 15) is 13.2 Å². The van der Waals surface area contributed by atoms with E-state index in [1.54, 1.807) is 0 Å². The Kier molecular flexibility index (Phi) is 5.68. The third-order valence-corrected chi connectivity index (χ3v) is 4.99. The fourth-order valence-electron chi connectivity index (χ4n) is 2.18. The van der Waals surface area contributed by atoms with Crippen molar-refractivity contribution in [1.82, 2.24) is 14.8 Å². The summed E-state index contributed by atoms with van der Waals surface area (Å²) in [5, 5.41) is 7.43. The summed E-state index contributed by atoms with van der Waals surface area (Å²) in [6.45, 7) is 2.11. The number of carbonyl (C=O) groups is 1. The molecule has 1 heterocycles. The van der Waals surface area contributed by atoms with Gasteiger partial charge >= 0.3 is 5.97 Å². The molecule has 2 rings (SSSR count). The zero-order valence-corrected chi connectivity index (χ0v) is 14.4. The minimum atomic E-state index is -3.98. The van der Waals surface area contributed by atoms with Gasteiger partial charge in [-0.25, -0.2) is 8.42 Å². The number of methoxy groups -OCH3 is 1. The molecule has 1 atom stereocenters. The molecule has 9 heteroatoms. The largest absolute Gasteiger partial charge is 0.468 e. The molecule has 8 nitrogen and oxygen atoms in total. The van der Waals surface area contributed by atoms with E-state index in [4.69, 9.17) is 5.73 Å². The molecular weight excluding hydrogens is 332 g/mol. The maximum Gasteiger partial charge on any atom is 0.321 e. The maximum absolute atomic E-state index is 12.5. The summed E-state index contributed by atoms with van der Waals surface area (Å²) in [5.41, 5.74) is 6.89. The Balaban J connectivity index is 2.48. The summed E-state index contributed by atoms with van der Waals surface area (Å²) in [4.78, 5) is 11.4. The first kappa shape index (κ1) is 18.1. The molecule has 0 saturated carbocycles. The lowest BCUT2D eigenvalue weighted by Crippen LogP contribution is -2.23. The first-order valence-corrected chi connectivity index (χ1v) is 9.06. The van der Waals surface area contributed by atoms with Gasteiger partial charge in [0.15, 0.2) is 11.6 Å². The monoisotopic (exact) mass is 352 g/mol. The lowest BCUT2D eigenvalue weighted by Gasteiger charge is -2.13. The highest BCUT2D eigenvalue weighted by atomic mass is 32.2. The molecule has 0 aliphatic carbocycles. The summed E-state index contributed by atoms with van der Waals surface area (Å²) in [6.07, 6.45) is 0.573. The predicted molar refractivity (Wildman–Crippen MR) is 86.9 cm³/mol. The van der Waals surface area contributed by atoms with E-state index in [-0.39, 0.29) is 11.7 Å². The molecule has 130 valence electrons. The number of ether oxygens (including phenoxy) is 1. The molecule has 1 aromatic carbocycles. The highest BCUT2D eigenvalue weighted by molar-refractivity contribution is 7.91. The van der Waals surface area contributed by atoms with E-state index in [1.165, 1.54) is 4.57 Å². The molecule has 1 aromatic heterocycles. The van der Waals surface area contributed by atoms with Crippen molar-refractivity contribution >= 4 is 15.8 Å². The molecule has 0 aliphatic rings. The second-order valence-electron chi connectivity index (χ2n) is 5.26. The van der Waals surface area contributed by atoms with Crippen molar-refractivity contribution in [1.29, 1.82) is 0 Å². The molecule has 2 N–H and O–H groups in total. The van der Waals surface area contributed by atoms with Crippen LogP contribution in [0.15, 0.2) is 35.5 Å². The third kappa shape index (κ3) is 3.98. The first-order valence-electron chi connectivity index (χ1n) is 7.41. The molecule has 0 bridgehead atoms. The SMILES string of the molecule is CCC(N)c1nnc(S(=O)(=O)CC(=O)OC)n1Cc1ccccc1. The Morgan fingerprint density at radius 1 is 1.29 bits per heavy atom. The molecule has 0 radical (unpaired) electrons. The van der Waals surface area contributed by atoms with Crippen LogP contribution in [0.2, 0.25) is 0 Å². The number of hydrogen-bond acceptors (Lipinski definition) is 7. The number of aromatic nitrogens is 3. The summed E-state index contributed by atoms with van der Waals surface area (Å²) < 4.78 is 30.8. The van der Waals surface area contributed by atoms with E-state index in [0.717, 1.165) is 12.7 Å². The number of esters is 1. The molecule has 0 saturated heterocycles. The minimum Gasteiger partial charge on any atom is -0.468 e. The van der Waals surface area contributed by atoms with Gasteiger partial charge in [-0.2, -0.15) is 0 Å². The van der Waals surface area contributed by atoms with Gasteiger partial charge in [0, 0.05) is 0 Å². The van der Waals surface area contributed by atoms with Crippen LogP contribution in [0.1, 0.15) is 30.8 Å². The zero-order valence-electron chi connectivity index (χ0n) is 13.5. The van der Waals surface area contributed by atoms with Crippen molar-refractivity contribution in [3.63, 3.8) is 0 Å². The van der Waals surface area contributed by atoms with Crippen molar-refractivity contribution < 1.29 is 17.9 Å². The second kappa shape index (κ2) is 7.54. The van der Waals surface area contributed by atoms with Crippen LogP contribution in [0.4, 0.5) is 0 Å². The molecule has 24 heavy (non-hydrogen) atoms. The van der Waals surface area contributed by atoms with Crippen molar-refractivity contribution in [2.24, 2.45) is 5.73 Å². The number of benzene rings is 1. The Hall–Kier alpha value is -2.26.